The lowest BCUT2D eigenvalue weighted by Gasteiger charge is -2.25. The predicted molar refractivity (Wildman–Crippen MR) is 97.4 cm³/mol. The summed E-state index contributed by atoms with van der Waals surface area (Å²) < 4.78 is 0. The van der Waals surface area contributed by atoms with Crippen molar-refractivity contribution in [3.05, 3.63) is 0 Å². The minimum absolute atomic E-state index is 0.0679. The molecule has 0 aliphatic heterocycles. The minimum atomic E-state index is -1.54. The Hall–Kier alpha value is -2.73. The topological polar surface area (TPSA) is 214 Å². The number of hydrogen-bond acceptors (Lipinski definition) is 7. The molecule has 0 bridgehead atoms. The van der Waals surface area contributed by atoms with Crippen molar-refractivity contribution in [2.75, 3.05) is 6.61 Å². The van der Waals surface area contributed by atoms with Gasteiger partial charge in [0.15, 0.2) is 0 Å². The number of nitrogens with one attached hydrogen (secondary N) is 3. The van der Waals surface area contributed by atoms with Crippen LogP contribution in [-0.4, -0.2) is 70.6 Å². The van der Waals surface area contributed by atoms with Gasteiger partial charge in [0, 0.05) is 0 Å². The van der Waals surface area contributed by atoms with Gasteiger partial charge in [-0.1, -0.05) is 13.8 Å². The third-order valence-corrected chi connectivity index (χ3v) is 3.59. The molecular formula is C16H29N5O7. The van der Waals surface area contributed by atoms with E-state index in [0.717, 1.165) is 0 Å². The van der Waals surface area contributed by atoms with E-state index in [-0.39, 0.29) is 12.3 Å². The third-order valence-electron chi connectivity index (χ3n) is 3.59. The molecule has 0 rings (SSSR count). The van der Waals surface area contributed by atoms with Crippen LogP contribution in [0.5, 0.6) is 0 Å². The van der Waals surface area contributed by atoms with E-state index in [2.05, 4.69) is 16.0 Å². The standard InChI is InChI=1S/C16H29N5O7/c1-7(2)4-9(14(25)21-11(6-22)16(27)28)20-15(26)10(5-12(18)23)19-13(24)8(3)17/h7-11,22H,4-6,17H2,1-3H3,(H2,18,23)(H,19,24)(H,20,26)(H,21,25)(H,27,28). The molecule has 0 heterocycles. The van der Waals surface area contributed by atoms with E-state index in [9.17, 15) is 24.0 Å². The number of rotatable bonds is 12. The fourth-order valence-electron chi connectivity index (χ4n) is 2.15. The van der Waals surface area contributed by atoms with E-state index in [1.165, 1.54) is 6.92 Å². The smallest absolute Gasteiger partial charge is 0.328 e. The minimum Gasteiger partial charge on any atom is -0.480 e. The number of aliphatic hydroxyl groups is 1. The van der Waals surface area contributed by atoms with Gasteiger partial charge in [0.1, 0.15) is 18.1 Å². The van der Waals surface area contributed by atoms with Crippen molar-refractivity contribution < 1.29 is 34.2 Å². The van der Waals surface area contributed by atoms with Gasteiger partial charge in [0.05, 0.1) is 19.1 Å². The third kappa shape index (κ3) is 9.28. The SMILES string of the molecule is CC(C)CC(NC(=O)C(CC(N)=O)NC(=O)C(C)N)C(=O)NC(CO)C(=O)O. The molecule has 0 aliphatic rings. The van der Waals surface area contributed by atoms with Crippen LogP contribution >= 0.6 is 0 Å². The summed E-state index contributed by atoms with van der Waals surface area (Å²) in [5.74, 6) is -4.76. The number of hydrogen-bond donors (Lipinski definition) is 7. The van der Waals surface area contributed by atoms with Crippen LogP contribution in [0.1, 0.15) is 33.6 Å². The van der Waals surface area contributed by atoms with E-state index in [0.29, 0.717) is 0 Å². The molecule has 0 aromatic rings. The molecule has 9 N–H and O–H groups in total. The lowest BCUT2D eigenvalue weighted by molar-refractivity contribution is -0.143. The van der Waals surface area contributed by atoms with Crippen LogP contribution in [0.25, 0.3) is 0 Å². The second-order valence-corrected chi connectivity index (χ2v) is 6.79. The van der Waals surface area contributed by atoms with E-state index >= 15 is 0 Å². The van der Waals surface area contributed by atoms with Gasteiger partial charge >= 0.3 is 5.97 Å². The van der Waals surface area contributed by atoms with E-state index in [1.54, 1.807) is 13.8 Å². The van der Waals surface area contributed by atoms with Gasteiger partial charge in [0.2, 0.25) is 23.6 Å². The van der Waals surface area contributed by atoms with Crippen molar-refractivity contribution in [1.29, 1.82) is 0 Å². The first-order chi connectivity index (χ1) is 12.9. The van der Waals surface area contributed by atoms with Crippen molar-refractivity contribution in [3.63, 3.8) is 0 Å². The highest BCUT2D eigenvalue weighted by Crippen LogP contribution is 2.07. The van der Waals surface area contributed by atoms with Crippen molar-refractivity contribution in [1.82, 2.24) is 16.0 Å². The number of carboxylic acid groups (broad SMARTS) is 1. The lowest BCUT2D eigenvalue weighted by atomic mass is 10.0. The van der Waals surface area contributed by atoms with Crippen LogP contribution in [0.3, 0.4) is 0 Å². The zero-order chi connectivity index (χ0) is 22.0. The van der Waals surface area contributed by atoms with Gasteiger partial charge in [-0.2, -0.15) is 0 Å². The van der Waals surface area contributed by atoms with Crippen LogP contribution in [0.2, 0.25) is 0 Å². The summed E-state index contributed by atoms with van der Waals surface area (Å²) in [6, 6.07) is -5.01. The summed E-state index contributed by atoms with van der Waals surface area (Å²) in [5.41, 5.74) is 10.5. The molecule has 0 saturated heterocycles. The zero-order valence-corrected chi connectivity index (χ0v) is 16.1. The molecule has 0 aromatic carbocycles. The molecule has 0 aliphatic carbocycles. The number of amides is 4. The first-order valence-electron chi connectivity index (χ1n) is 8.67. The second kappa shape index (κ2) is 11.9. The number of primary amides is 1. The summed E-state index contributed by atoms with van der Waals surface area (Å²) in [6.07, 6.45) is -0.380. The highest BCUT2D eigenvalue weighted by molar-refractivity contribution is 5.96. The maximum atomic E-state index is 12.5. The number of nitrogens with two attached hydrogens (primary N) is 2. The Labute approximate surface area is 162 Å². The Morgan fingerprint density at radius 2 is 1.32 bits per heavy atom. The molecule has 12 nitrogen and oxygen atoms in total. The van der Waals surface area contributed by atoms with Crippen LogP contribution in [0.4, 0.5) is 0 Å². The Morgan fingerprint density at radius 1 is 0.857 bits per heavy atom. The second-order valence-electron chi connectivity index (χ2n) is 6.79. The molecule has 0 fully saturated rings. The largest absolute Gasteiger partial charge is 0.480 e. The van der Waals surface area contributed by atoms with E-state index in [4.69, 9.17) is 21.7 Å². The fraction of sp³-hybridized carbons (Fsp3) is 0.688. The first kappa shape index (κ1) is 25.3. The maximum Gasteiger partial charge on any atom is 0.328 e. The maximum absolute atomic E-state index is 12.5. The Morgan fingerprint density at radius 3 is 1.71 bits per heavy atom. The van der Waals surface area contributed by atoms with Gasteiger partial charge < -0.3 is 37.6 Å². The highest BCUT2D eigenvalue weighted by Gasteiger charge is 2.30. The van der Waals surface area contributed by atoms with Crippen LogP contribution in [-0.2, 0) is 24.0 Å². The number of carbonyl (C=O) groups is 5. The quantitative estimate of drug-likeness (QED) is 0.175. The number of aliphatic carboxylic acids is 1. The van der Waals surface area contributed by atoms with Gasteiger partial charge in [-0.15, -0.1) is 0 Å². The van der Waals surface area contributed by atoms with Gasteiger partial charge in [0.25, 0.3) is 0 Å². The Bertz CT molecular complexity index is 594. The molecule has 0 radical (unpaired) electrons. The molecule has 28 heavy (non-hydrogen) atoms. The van der Waals surface area contributed by atoms with Gasteiger partial charge in [-0.3, -0.25) is 19.2 Å². The van der Waals surface area contributed by atoms with Crippen molar-refractivity contribution in [2.24, 2.45) is 17.4 Å². The van der Waals surface area contributed by atoms with Crippen LogP contribution < -0.4 is 27.4 Å². The van der Waals surface area contributed by atoms with Crippen molar-refractivity contribution in [3.8, 4) is 0 Å². The number of carboxylic acids is 1. The Balaban J connectivity index is 5.36. The fourth-order valence-corrected chi connectivity index (χ4v) is 2.15. The highest BCUT2D eigenvalue weighted by atomic mass is 16.4. The van der Waals surface area contributed by atoms with Gasteiger partial charge in [-0.05, 0) is 19.3 Å². The van der Waals surface area contributed by atoms with E-state index < -0.39 is 66.8 Å². The molecule has 12 heteroatoms. The monoisotopic (exact) mass is 403 g/mol. The average Bonchev–Trinajstić information content (AvgIpc) is 2.56. The Kier molecular flexibility index (Phi) is 10.7. The molecule has 160 valence electrons. The molecule has 4 unspecified atom stereocenters. The average molecular weight is 403 g/mol. The summed E-state index contributed by atoms with van der Waals surface area (Å²) in [5, 5.41) is 24.7. The molecule has 4 atom stereocenters. The van der Waals surface area contributed by atoms with Crippen molar-refractivity contribution in [2.45, 2.75) is 57.8 Å². The summed E-state index contributed by atoms with van der Waals surface area (Å²) in [7, 11) is 0. The van der Waals surface area contributed by atoms with Crippen LogP contribution in [0, 0.1) is 5.92 Å². The van der Waals surface area contributed by atoms with E-state index in [1.807, 2.05) is 0 Å². The zero-order valence-electron chi connectivity index (χ0n) is 16.1. The van der Waals surface area contributed by atoms with Crippen LogP contribution in [0.15, 0.2) is 0 Å². The molecule has 0 saturated carbocycles. The van der Waals surface area contributed by atoms with Gasteiger partial charge in [-0.25, -0.2) is 4.79 Å². The summed E-state index contributed by atoms with van der Waals surface area (Å²) in [4.78, 5) is 58.8. The predicted octanol–water partition coefficient (Wildman–Crippen LogP) is -3.21. The number of aliphatic hydroxyl groups excluding tert-OH is 1. The normalized spacial score (nSPS) is 15.1. The first-order valence-corrected chi connectivity index (χ1v) is 8.67. The molecule has 0 spiro atoms. The molecule has 4 amide bonds. The molecular weight excluding hydrogens is 374 g/mol. The lowest BCUT2D eigenvalue weighted by Crippen LogP contribution is -2.58. The van der Waals surface area contributed by atoms with Crippen molar-refractivity contribution >= 4 is 29.6 Å². The summed E-state index contributed by atoms with van der Waals surface area (Å²) in [6.45, 7) is 4.08. The number of carbonyl (C=O) groups excluding carboxylic acids is 4. The summed E-state index contributed by atoms with van der Waals surface area (Å²) >= 11 is 0. The molecule has 0 aromatic heterocycles.